The Hall–Kier alpha value is -3.59. The van der Waals surface area contributed by atoms with Crippen molar-refractivity contribution >= 4 is 22.5 Å². The van der Waals surface area contributed by atoms with E-state index in [1.54, 1.807) is 0 Å². The van der Waals surface area contributed by atoms with Crippen LogP contribution in [0.5, 0.6) is 0 Å². The fraction of sp³-hybridized carbons (Fsp3) is 0.182. The second kappa shape index (κ2) is 7.92. The van der Waals surface area contributed by atoms with E-state index in [0.717, 1.165) is 17.3 Å². The fourth-order valence-corrected chi connectivity index (χ4v) is 3.39. The lowest BCUT2D eigenvalue weighted by molar-refractivity contribution is -0.137. The highest BCUT2D eigenvalue weighted by Gasteiger charge is 2.35. The van der Waals surface area contributed by atoms with Crippen molar-refractivity contribution in [3.05, 3.63) is 71.4 Å². The topological polar surface area (TPSA) is 85.0 Å². The number of rotatable bonds is 6. The number of ketones is 1. The first kappa shape index (κ1) is 20.7. The summed E-state index contributed by atoms with van der Waals surface area (Å²) in [5, 5.41) is 9.10. The molecular formula is C22H19F3N4O2. The molecule has 0 spiro atoms. The van der Waals surface area contributed by atoms with Crippen LogP contribution in [-0.4, -0.2) is 46.0 Å². The Bertz CT molecular complexity index is 1240. The van der Waals surface area contributed by atoms with E-state index in [2.05, 4.69) is 15.0 Å². The van der Waals surface area contributed by atoms with E-state index in [4.69, 9.17) is 5.11 Å². The number of anilines is 1. The van der Waals surface area contributed by atoms with Crippen molar-refractivity contribution < 1.29 is 23.1 Å². The first-order valence-corrected chi connectivity index (χ1v) is 9.49. The van der Waals surface area contributed by atoms with Crippen LogP contribution in [0.3, 0.4) is 0 Å². The molecule has 9 heteroatoms. The number of aliphatic hydroxyl groups is 1. The number of nitrogens with one attached hydrogen (secondary N) is 2. The van der Waals surface area contributed by atoms with E-state index in [9.17, 15) is 18.0 Å². The second-order valence-corrected chi connectivity index (χ2v) is 7.11. The van der Waals surface area contributed by atoms with Gasteiger partial charge in [0.15, 0.2) is 11.6 Å². The van der Waals surface area contributed by atoms with Crippen molar-refractivity contribution in [2.24, 2.45) is 0 Å². The lowest BCUT2D eigenvalue weighted by Crippen LogP contribution is -2.20. The summed E-state index contributed by atoms with van der Waals surface area (Å²) >= 11 is 0. The van der Waals surface area contributed by atoms with Gasteiger partial charge < -0.3 is 20.0 Å². The number of nitrogens with zero attached hydrogens (tertiary/aromatic N) is 2. The lowest BCUT2D eigenvalue weighted by atomic mass is 9.99. The molecule has 0 bridgehead atoms. The van der Waals surface area contributed by atoms with Gasteiger partial charge in [-0.3, -0.25) is 4.79 Å². The number of carbonyl (C=O) groups is 1. The number of aromatic amines is 2. The maximum atomic E-state index is 13.3. The van der Waals surface area contributed by atoms with Gasteiger partial charge in [0.1, 0.15) is 0 Å². The predicted molar refractivity (Wildman–Crippen MR) is 111 cm³/mol. The summed E-state index contributed by atoms with van der Waals surface area (Å²) in [6, 6.07) is 11.8. The number of likely N-dealkylation sites (N-methyl/N-ethyl adjacent to an activating group) is 1. The summed E-state index contributed by atoms with van der Waals surface area (Å²) in [5.41, 5.74) is 1.56. The van der Waals surface area contributed by atoms with Gasteiger partial charge in [-0.25, -0.2) is 4.98 Å². The minimum Gasteiger partial charge on any atom is -0.395 e. The Morgan fingerprint density at radius 2 is 1.94 bits per heavy atom. The molecule has 0 saturated carbocycles. The van der Waals surface area contributed by atoms with Gasteiger partial charge in [0, 0.05) is 36.6 Å². The summed E-state index contributed by atoms with van der Waals surface area (Å²) in [6.45, 7) is 0.507. The minimum atomic E-state index is -4.62. The molecule has 6 nitrogen and oxygen atoms in total. The van der Waals surface area contributed by atoms with Gasteiger partial charge in [-0.1, -0.05) is 18.2 Å². The first-order valence-electron chi connectivity index (χ1n) is 9.49. The molecule has 4 aromatic rings. The van der Waals surface area contributed by atoms with E-state index in [1.807, 2.05) is 30.1 Å². The average Bonchev–Trinajstić information content (AvgIpc) is 3.39. The van der Waals surface area contributed by atoms with Crippen LogP contribution in [0.1, 0.15) is 21.5 Å². The Labute approximate surface area is 175 Å². The quantitative estimate of drug-likeness (QED) is 0.401. The monoisotopic (exact) mass is 428 g/mol. The van der Waals surface area contributed by atoms with Crippen LogP contribution < -0.4 is 4.90 Å². The molecule has 0 radical (unpaired) electrons. The number of imidazole rings is 1. The minimum absolute atomic E-state index is 0.0273. The zero-order chi connectivity index (χ0) is 22.2. The van der Waals surface area contributed by atoms with Gasteiger partial charge in [-0.15, -0.1) is 0 Å². The van der Waals surface area contributed by atoms with Crippen molar-refractivity contribution in [3.63, 3.8) is 0 Å². The normalized spacial score (nSPS) is 11.8. The molecule has 0 amide bonds. The SMILES string of the molecule is CN(CCO)c1ccc2nc(-c3cc(C(=O)c4ccccc4C(F)(F)F)c[nH]3)[nH]c2c1. The first-order chi connectivity index (χ1) is 14.8. The van der Waals surface area contributed by atoms with E-state index >= 15 is 0 Å². The number of alkyl halides is 3. The largest absolute Gasteiger partial charge is 0.417 e. The van der Waals surface area contributed by atoms with Gasteiger partial charge >= 0.3 is 6.18 Å². The third kappa shape index (κ3) is 4.04. The molecule has 2 heterocycles. The smallest absolute Gasteiger partial charge is 0.395 e. The lowest BCUT2D eigenvalue weighted by Gasteiger charge is -2.17. The third-order valence-electron chi connectivity index (χ3n) is 5.02. The van der Waals surface area contributed by atoms with Crippen molar-refractivity contribution in [3.8, 4) is 11.5 Å². The van der Waals surface area contributed by atoms with Crippen LogP contribution in [0, 0.1) is 0 Å². The predicted octanol–water partition coefficient (Wildman–Crippen LogP) is 4.24. The second-order valence-electron chi connectivity index (χ2n) is 7.11. The number of aromatic nitrogens is 3. The van der Waals surface area contributed by atoms with Crippen LogP contribution in [-0.2, 0) is 6.18 Å². The summed E-state index contributed by atoms with van der Waals surface area (Å²) in [4.78, 5) is 25.2. The molecule has 2 aromatic carbocycles. The summed E-state index contributed by atoms with van der Waals surface area (Å²) in [5.74, 6) is -0.264. The highest BCUT2D eigenvalue weighted by Crippen LogP contribution is 2.33. The van der Waals surface area contributed by atoms with Gasteiger partial charge in [0.25, 0.3) is 0 Å². The summed E-state index contributed by atoms with van der Waals surface area (Å²) in [6.07, 6.45) is -3.25. The number of H-pyrrole nitrogens is 2. The van der Waals surface area contributed by atoms with Gasteiger partial charge in [0.2, 0.25) is 0 Å². The average molecular weight is 428 g/mol. The van der Waals surface area contributed by atoms with Crippen LogP contribution in [0.15, 0.2) is 54.7 Å². The van der Waals surface area contributed by atoms with E-state index in [-0.39, 0.29) is 12.2 Å². The Morgan fingerprint density at radius 1 is 1.16 bits per heavy atom. The highest BCUT2D eigenvalue weighted by molar-refractivity contribution is 6.10. The number of halogens is 3. The molecule has 3 N–H and O–H groups in total. The van der Waals surface area contributed by atoms with Crippen molar-refractivity contribution in [1.82, 2.24) is 15.0 Å². The molecular weight excluding hydrogens is 409 g/mol. The number of aliphatic hydroxyl groups excluding tert-OH is 1. The molecule has 31 heavy (non-hydrogen) atoms. The molecule has 0 saturated heterocycles. The molecule has 0 aliphatic rings. The number of benzene rings is 2. The maximum Gasteiger partial charge on any atom is 0.417 e. The maximum absolute atomic E-state index is 13.3. The Kier molecular flexibility index (Phi) is 5.28. The van der Waals surface area contributed by atoms with Gasteiger partial charge in [0.05, 0.1) is 28.9 Å². The van der Waals surface area contributed by atoms with E-state index < -0.39 is 23.1 Å². The van der Waals surface area contributed by atoms with Crippen molar-refractivity contribution in [2.75, 3.05) is 25.1 Å². The van der Waals surface area contributed by atoms with E-state index in [0.29, 0.717) is 23.6 Å². The van der Waals surface area contributed by atoms with Crippen molar-refractivity contribution in [2.45, 2.75) is 6.18 Å². The molecule has 0 aliphatic heterocycles. The number of carbonyl (C=O) groups excluding carboxylic acids is 1. The molecule has 0 atom stereocenters. The number of hydrogen-bond donors (Lipinski definition) is 3. The van der Waals surface area contributed by atoms with E-state index in [1.165, 1.54) is 30.5 Å². The molecule has 0 fully saturated rings. The standard InChI is InChI=1S/C22H19F3N4O2/c1-29(8-9-30)14-6-7-17-18(11-14)28-21(27-17)19-10-13(12-26-19)20(31)15-4-2-3-5-16(15)22(23,24)25/h2-7,10-12,26,30H,8-9H2,1H3,(H,27,28). The summed E-state index contributed by atoms with van der Waals surface area (Å²) < 4.78 is 39.8. The number of hydrogen-bond acceptors (Lipinski definition) is 4. The van der Waals surface area contributed by atoms with Crippen LogP contribution in [0.2, 0.25) is 0 Å². The summed E-state index contributed by atoms with van der Waals surface area (Å²) in [7, 11) is 1.86. The fourth-order valence-electron chi connectivity index (χ4n) is 3.39. The third-order valence-corrected chi connectivity index (χ3v) is 5.02. The highest BCUT2D eigenvalue weighted by atomic mass is 19.4. The van der Waals surface area contributed by atoms with Crippen molar-refractivity contribution in [1.29, 1.82) is 0 Å². The molecule has 0 aliphatic carbocycles. The zero-order valence-corrected chi connectivity index (χ0v) is 16.5. The number of fused-ring (bicyclic) bond motifs is 1. The van der Waals surface area contributed by atoms with Gasteiger partial charge in [-0.05, 0) is 30.3 Å². The van der Waals surface area contributed by atoms with Crippen LogP contribution >= 0.6 is 0 Å². The molecule has 160 valence electrons. The van der Waals surface area contributed by atoms with Crippen LogP contribution in [0.4, 0.5) is 18.9 Å². The molecule has 4 rings (SSSR count). The Balaban J connectivity index is 1.65. The molecule has 2 aromatic heterocycles. The van der Waals surface area contributed by atoms with Gasteiger partial charge in [-0.2, -0.15) is 13.2 Å². The van der Waals surface area contributed by atoms with Crippen LogP contribution in [0.25, 0.3) is 22.6 Å². The molecule has 0 unspecified atom stereocenters. The zero-order valence-electron chi connectivity index (χ0n) is 16.5. The Morgan fingerprint density at radius 3 is 2.68 bits per heavy atom.